The number of hydrogen-bond donors (Lipinski definition) is 1. The maximum atomic E-state index is 12.9. The number of benzene rings is 2. The zero-order chi connectivity index (χ0) is 24.9. The van der Waals surface area contributed by atoms with E-state index < -0.39 is 0 Å². The van der Waals surface area contributed by atoms with Crippen LogP contribution < -0.4 is 10.1 Å². The first-order chi connectivity index (χ1) is 16.8. The van der Waals surface area contributed by atoms with Crippen LogP contribution in [0.2, 0.25) is 5.02 Å². The monoisotopic (exact) mass is 530 g/mol. The molecule has 1 N–H and O–H groups in total. The molecule has 2 aromatic carbocycles. The van der Waals surface area contributed by atoms with Gasteiger partial charge in [0.05, 0.1) is 13.2 Å². The second-order valence-electron chi connectivity index (χ2n) is 9.78. The molecule has 1 aromatic heterocycles. The molecule has 0 radical (unpaired) electrons. The number of carbonyl (C=O) groups excluding carboxylic acids is 1. The number of ether oxygens (including phenoxy) is 1. The highest BCUT2D eigenvalue weighted by Crippen LogP contribution is 2.26. The van der Waals surface area contributed by atoms with E-state index in [1.165, 1.54) is 18.4 Å². The van der Waals surface area contributed by atoms with Crippen molar-refractivity contribution in [2.45, 2.75) is 53.1 Å². The Morgan fingerprint density at radius 3 is 2.44 bits per heavy atom. The lowest BCUT2D eigenvalue weighted by atomic mass is 10.0. The van der Waals surface area contributed by atoms with Gasteiger partial charge in [0.1, 0.15) is 5.75 Å². The molecule has 0 spiro atoms. The Kier molecular flexibility index (Phi) is 9.83. The Morgan fingerprint density at radius 1 is 1.08 bits per heavy atom. The number of nitrogens with zero attached hydrogens (tertiary/aromatic N) is 3. The van der Waals surface area contributed by atoms with E-state index in [0.717, 1.165) is 30.1 Å². The average molecular weight is 532 g/mol. The highest BCUT2D eigenvalue weighted by molar-refractivity contribution is 6.30. The van der Waals surface area contributed by atoms with Crippen LogP contribution in [0.3, 0.4) is 0 Å². The second-order valence-corrected chi connectivity index (χ2v) is 10.2. The molecule has 1 saturated heterocycles. The van der Waals surface area contributed by atoms with Gasteiger partial charge < -0.3 is 10.1 Å². The van der Waals surface area contributed by atoms with Gasteiger partial charge in [0.25, 0.3) is 5.91 Å². The van der Waals surface area contributed by atoms with Crippen LogP contribution in [0.5, 0.6) is 5.75 Å². The van der Waals surface area contributed by atoms with E-state index in [1.54, 1.807) is 0 Å². The molecular weight excluding hydrogens is 495 g/mol. The van der Waals surface area contributed by atoms with Crippen LogP contribution in [-0.4, -0.2) is 40.3 Å². The lowest BCUT2D eigenvalue weighted by Crippen LogP contribution is -2.23. The van der Waals surface area contributed by atoms with Crippen molar-refractivity contribution in [2.24, 2.45) is 5.92 Å². The highest BCUT2D eigenvalue weighted by atomic mass is 35.5. The summed E-state index contributed by atoms with van der Waals surface area (Å²) in [5, 5.41) is 8.20. The zero-order valence-electron chi connectivity index (χ0n) is 21.5. The molecule has 194 valence electrons. The number of carbonyl (C=O) groups is 1. The van der Waals surface area contributed by atoms with Crippen LogP contribution >= 0.6 is 24.0 Å². The first kappa shape index (κ1) is 28.0. The topological polar surface area (TPSA) is 59.4 Å². The third kappa shape index (κ3) is 7.02. The van der Waals surface area contributed by atoms with E-state index in [9.17, 15) is 4.79 Å². The predicted octanol–water partition coefficient (Wildman–Crippen LogP) is 6.76. The van der Waals surface area contributed by atoms with E-state index in [-0.39, 0.29) is 18.3 Å². The summed E-state index contributed by atoms with van der Waals surface area (Å²) in [5.41, 5.74) is 3.74. The van der Waals surface area contributed by atoms with Crippen molar-refractivity contribution in [2.75, 3.05) is 25.0 Å². The van der Waals surface area contributed by atoms with Crippen molar-refractivity contribution >= 4 is 35.7 Å². The third-order valence-electron chi connectivity index (χ3n) is 6.48. The van der Waals surface area contributed by atoms with Crippen LogP contribution in [0, 0.1) is 12.8 Å². The fraction of sp³-hybridized carbons (Fsp3) is 0.429. The second kappa shape index (κ2) is 12.6. The molecule has 6 nitrogen and oxygen atoms in total. The van der Waals surface area contributed by atoms with E-state index in [1.807, 2.05) is 48.0 Å². The molecule has 3 aromatic rings. The number of amides is 1. The first-order valence-corrected chi connectivity index (χ1v) is 12.8. The van der Waals surface area contributed by atoms with Gasteiger partial charge in [-0.3, -0.25) is 14.4 Å². The summed E-state index contributed by atoms with van der Waals surface area (Å²) in [6.45, 7) is 11.8. The normalized spacial score (nSPS) is 14.5. The van der Waals surface area contributed by atoms with E-state index in [2.05, 4.69) is 48.2 Å². The van der Waals surface area contributed by atoms with Gasteiger partial charge in [-0.2, -0.15) is 5.10 Å². The number of likely N-dealkylation sites (tertiary alicyclic amines) is 1. The summed E-state index contributed by atoms with van der Waals surface area (Å²) in [6, 6.07) is 15.8. The average Bonchev–Trinajstić information content (AvgIpc) is 3.48. The van der Waals surface area contributed by atoms with Crippen molar-refractivity contribution in [3.8, 4) is 5.75 Å². The molecule has 1 fully saturated rings. The van der Waals surface area contributed by atoms with Gasteiger partial charge in [-0.05, 0) is 81.6 Å². The largest absolute Gasteiger partial charge is 0.493 e. The van der Waals surface area contributed by atoms with Gasteiger partial charge in [0.2, 0.25) is 0 Å². The number of hydrogen-bond acceptors (Lipinski definition) is 4. The van der Waals surface area contributed by atoms with Gasteiger partial charge in [0.15, 0.2) is 5.82 Å². The van der Waals surface area contributed by atoms with Crippen molar-refractivity contribution in [1.29, 1.82) is 0 Å². The Labute approximate surface area is 225 Å². The molecule has 0 bridgehead atoms. The van der Waals surface area contributed by atoms with Gasteiger partial charge in [-0.25, -0.2) is 0 Å². The lowest BCUT2D eigenvalue weighted by molar-refractivity contribution is 0.102. The zero-order valence-corrected chi connectivity index (χ0v) is 23.0. The molecule has 36 heavy (non-hydrogen) atoms. The maximum Gasteiger partial charge on any atom is 0.256 e. The number of aromatic nitrogens is 2. The summed E-state index contributed by atoms with van der Waals surface area (Å²) in [6.07, 6.45) is 2.53. The van der Waals surface area contributed by atoms with Crippen LogP contribution in [0.15, 0.2) is 48.5 Å². The molecule has 1 aliphatic heterocycles. The first-order valence-electron chi connectivity index (χ1n) is 12.4. The molecule has 2 heterocycles. The number of anilines is 1. The summed E-state index contributed by atoms with van der Waals surface area (Å²) in [5.74, 6) is 1.57. The smallest absolute Gasteiger partial charge is 0.256 e. The van der Waals surface area contributed by atoms with E-state index in [4.69, 9.17) is 16.3 Å². The van der Waals surface area contributed by atoms with Gasteiger partial charge in [0, 0.05) is 34.0 Å². The SMILES string of the molecule is Cc1cc(NC(=O)c2ccc(C(C)N3CCCC3)cc2)nn1Cc1cc(Cl)ccc1OCC(C)C.Cl. The number of aryl methyl sites for hydroxylation is 1. The molecule has 4 rings (SSSR count). The van der Waals surface area contributed by atoms with Gasteiger partial charge >= 0.3 is 0 Å². The Balaban J connectivity index is 0.00000361. The van der Waals surface area contributed by atoms with Crippen molar-refractivity contribution in [3.05, 3.63) is 75.9 Å². The number of nitrogens with one attached hydrogen (secondary N) is 1. The molecule has 1 amide bonds. The quantitative estimate of drug-likeness (QED) is 0.332. The summed E-state index contributed by atoms with van der Waals surface area (Å²) >= 11 is 6.25. The van der Waals surface area contributed by atoms with Crippen LogP contribution in [0.4, 0.5) is 5.82 Å². The molecule has 0 aliphatic carbocycles. The summed E-state index contributed by atoms with van der Waals surface area (Å²) < 4.78 is 7.83. The van der Waals surface area contributed by atoms with Crippen LogP contribution in [0.25, 0.3) is 0 Å². The standard InChI is InChI=1S/C28H35ClN4O2.ClH/c1-19(2)18-35-26-12-11-25(29)16-24(26)17-33-20(3)15-27(31-33)30-28(34)23-9-7-22(8-10-23)21(4)32-13-5-6-14-32;/h7-12,15-16,19,21H,5-6,13-14,17-18H2,1-4H3,(H,30,31,34);1H. The highest BCUT2D eigenvalue weighted by Gasteiger charge is 2.20. The molecule has 0 saturated carbocycles. The Hall–Kier alpha value is -2.54. The van der Waals surface area contributed by atoms with Crippen LogP contribution in [-0.2, 0) is 6.54 Å². The lowest BCUT2D eigenvalue weighted by Gasteiger charge is -2.24. The summed E-state index contributed by atoms with van der Waals surface area (Å²) in [4.78, 5) is 15.4. The Bertz CT molecular complexity index is 1150. The third-order valence-corrected chi connectivity index (χ3v) is 6.72. The fourth-order valence-electron chi connectivity index (χ4n) is 4.40. The minimum atomic E-state index is -0.168. The van der Waals surface area contributed by atoms with Gasteiger partial charge in [-0.1, -0.05) is 37.6 Å². The fourth-order valence-corrected chi connectivity index (χ4v) is 4.60. The minimum Gasteiger partial charge on any atom is -0.493 e. The van der Waals surface area contributed by atoms with Gasteiger partial charge in [-0.15, -0.1) is 12.4 Å². The molecule has 1 unspecified atom stereocenters. The number of rotatable bonds is 9. The van der Waals surface area contributed by atoms with Crippen LogP contribution in [0.1, 0.15) is 66.8 Å². The summed E-state index contributed by atoms with van der Waals surface area (Å²) in [7, 11) is 0. The number of halogens is 2. The van der Waals surface area contributed by atoms with E-state index in [0.29, 0.717) is 41.5 Å². The molecule has 8 heteroatoms. The molecular formula is C28H36Cl2N4O2. The van der Waals surface area contributed by atoms with Crippen molar-refractivity contribution in [1.82, 2.24) is 14.7 Å². The Morgan fingerprint density at radius 2 is 1.78 bits per heavy atom. The molecule has 1 aliphatic rings. The maximum absolute atomic E-state index is 12.9. The van der Waals surface area contributed by atoms with Crippen molar-refractivity contribution < 1.29 is 9.53 Å². The van der Waals surface area contributed by atoms with Crippen molar-refractivity contribution in [3.63, 3.8) is 0 Å². The minimum absolute atomic E-state index is 0. The molecule has 1 atom stereocenters. The predicted molar refractivity (Wildman–Crippen MR) is 149 cm³/mol. The van der Waals surface area contributed by atoms with E-state index >= 15 is 0 Å².